The molecule has 0 aliphatic carbocycles. The Balaban J connectivity index is 4.16. The summed E-state index contributed by atoms with van der Waals surface area (Å²) in [5.41, 5.74) is 0. The summed E-state index contributed by atoms with van der Waals surface area (Å²) in [4.78, 5) is 0. The summed E-state index contributed by atoms with van der Waals surface area (Å²) >= 11 is -1.41. The minimum atomic E-state index is -1.41. The molecule has 0 amide bonds. The average molecular weight is 307 g/mol. The van der Waals surface area contributed by atoms with Crippen LogP contribution in [0.15, 0.2) is 10.9 Å². The molecule has 0 fully saturated rings. The van der Waals surface area contributed by atoms with Crippen LogP contribution >= 0.6 is 0 Å². The minimum absolute atomic E-state index is 0.193. The first-order valence-electron chi connectivity index (χ1n) is 2.59. The molecule has 0 aliphatic rings. The molecule has 0 atom stereocenters. The molecule has 0 saturated heterocycles. The van der Waals surface area contributed by atoms with Gasteiger partial charge < -0.3 is 0 Å². The average Bonchev–Trinajstić information content (AvgIpc) is 1.65. The first-order chi connectivity index (χ1) is 4.02. The van der Waals surface area contributed by atoms with E-state index in [0.29, 0.717) is 0 Å². The van der Waals surface area contributed by atoms with Crippen molar-refractivity contribution in [3.8, 4) is 0 Å². The number of hydrogen-bond acceptors (Lipinski definition) is 0. The molecule has 0 aromatic heterocycles. The van der Waals surface area contributed by atoms with Gasteiger partial charge in [0.2, 0.25) is 0 Å². The van der Waals surface area contributed by atoms with E-state index < -0.39 is 18.7 Å². The van der Waals surface area contributed by atoms with E-state index in [1.165, 1.54) is 0 Å². The SMILES string of the molecule is [C-]#[N+][Au+]([CH]=C)[C](C)(C)C. The van der Waals surface area contributed by atoms with E-state index in [0.717, 1.165) is 0 Å². The fraction of sp³-hybridized carbons (Fsp3) is 0.571. The van der Waals surface area contributed by atoms with Crippen LogP contribution in [0.4, 0.5) is 0 Å². The van der Waals surface area contributed by atoms with Gasteiger partial charge in [0.15, 0.2) is 0 Å². The van der Waals surface area contributed by atoms with E-state index in [4.69, 9.17) is 6.57 Å². The van der Waals surface area contributed by atoms with Crippen LogP contribution in [0.5, 0.6) is 0 Å². The summed E-state index contributed by atoms with van der Waals surface area (Å²) in [6.45, 7) is 16.8. The summed E-state index contributed by atoms with van der Waals surface area (Å²) in [6, 6.07) is 0. The molecule has 0 aromatic rings. The molecule has 0 unspecified atom stereocenters. The molecule has 0 bridgehead atoms. The third-order valence-corrected chi connectivity index (χ3v) is 5.34. The molecule has 2 heteroatoms. The Kier molecular flexibility index (Phi) is 3.21. The predicted molar refractivity (Wildman–Crippen MR) is 36.5 cm³/mol. The molecule has 0 N–H and O–H groups in total. The molecular weight excluding hydrogens is 295 g/mol. The number of hydrogen-bond donors (Lipinski definition) is 0. The Morgan fingerprint density at radius 2 is 2.00 bits per heavy atom. The van der Waals surface area contributed by atoms with Crippen LogP contribution in [-0.4, -0.2) is 0 Å². The van der Waals surface area contributed by atoms with Crippen molar-refractivity contribution in [2.75, 3.05) is 0 Å². The van der Waals surface area contributed by atoms with Crippen molar-refractivity contribution in [1.82, 2.24) is 0 Å². The molecule has 55 valence electrons. The van der Waals surface area contributed by atoms with E-state index in [1.54, 1.807) is 0 Å². The van der Waals surface area contributed by atoms with Crippen molar-refractivity contribution in [1.29, 1.82) is 0 Å². The zero-order chi connectivity index (χ0) is 7.49. The van der Waals surface area contributed by atoms with Crippen molar-refractivity contribution >= 4 is 0 Å². The zero-order valence-corrected chi connectivity index (χ0v) is 8.20. The van der Waals surface area contributed by atoms with Gasteiger partial charge in [-0.1, -0.05) is 0 Å². The predicted octanol–water partition coefficient (Wildman–Crippen LogP) is 2.80. The van der Waals surface area contributed by atoms with E-state index >= 15 is 0 Å². The standard InChI is InChI=1S/C4H9.C2H3.CN.Au/c1-4(2)3;2*1-2;/h1-3H3;1H,2H2;;/q;;-1;+2. The summed E-state index contributed by atoms with van der Waals surface area (Å²) in [6.07, 6.45) is 0. The van der Waals surface area contributed by atoms with Crippen molar-refractivity contribution < 1.29 is 18.7 Å². The maximum absolute atomic E-state index is 6.84. The van der Waals surface area contributed by atoms with E-state index in [9.17, 15) is 0 Å². The Bertz CT molecular complexity index is 138. The van der Waals surface area contributed by atoms with Gasteiger partial charge in [0.05, 0.1) is 0 Å². The Labute approximate surface area is 64.0 Å². The van der Waals surface area contributed by atoms with Crippen LogP contribution in [-0.2, 0) is 18.7 Å². The van der Waals surface area contributed by atoms with Crippen LogP contribution in [0, 0.1) is 6.57 Å². The van der Waals surface area contributed by atoms with Gasteiger partial charge >= 0.3 is 63.8 Å². The van der Waals surface area contributed by atoms with Gasteiger partial charge in [-0.2, -0.15) is 0 Å². The molecule has 0 spiro atoms. The molecule has 0 aliphatic heterocycles. The quantitative estimate of drug-likeness (QED) is 0.518. The monoisotopic (exact) mass is 307 g/mol. The van der Waals surface area contributed by atoms with Crippen molar-refractivity contribution in [3.05, 3.63) is 20.7 Å². The van der Waals surface area contributed by atoms with Gasteiger partial charge in [-0.25, -0.2) is 0 Å². The van der Waals surface area contributed by atoms with Crippen LogP contribution in [0.3, 0.4) is 0 Å². The molecule has 1 nitrogen and oxygen atoms in total. The topological polar surface area (TPSA) is 4.36 Å². The van der Waals surface area contributed by atoms with Crippen molar-refractivity contribution in [2.45, 2.75) is 24.4 Å². The second kappa shape index (κ2) is 3.22. The molecular formula is C7H12AuN+. The van der Waals surface area contributed by atoms with Crippen LogP contribution in [0.25, 0.3) is 3.25 Å². The zero-order valence-electron chi connectivity index (χ0n) is 6.03. The van der Waals surface area contributed by atoms with Gasteiger partial charge in [-0.15, -0.1) is 0 Å². The molecule has 0 rings (SSSR count). The Morgan fingerprint density at radius 3 is 2.00 bits per heavy atom. The van der Waals surface area contributed by atoms with Gasteiger partial charge in [0, 0.05) is 0 Å². The normalized spacial score (nSPS) is 12.0. The first-order valence-corrected chi connectivity index (χ1v) is 5.89. The summed E-state index contributed by atoms with van der Waals surface area (Å²) in [7, 11) is 0. The third-order valence-electron chi connectivity index (χ3n) is 0.653. The Hall–Kier alpha value is -0.0297. The second-order valence-electron chi connectivity index (χ2n) is 2.38. The third kappa shape index (κ3) is 2.86. The molecule has 9 heavy (non-hydrogen) atoms. The summed E-state index contributed by atoms with van der Waals surface area (Å²) < 4.78 is 5.60. The summed E-state index contributed by atoms with van der Waals surface area (Å²) in [5.74, 6) is 0. The number of rotatable bonds is 1. The molecule has 0 heterocycles. The van der Waals surface area contributed by atoms with Crippen molar-refractivity contribution in [2.24, 2.45) is 0 Å². The van der Waals surface area contributed by atoms with Crippen LogP contribution in [0.1, 0.15) is 20.8 Å². The van der Waals surface area contributed by atoms with Gasteiger partial charge in [-0.3, -0.25) is 0 Å². The fourth-order valence-corrected chi connectivity index (χ4v) is 2.56. The van der Waals surface area contributed by atoms with E-state index in [-0.39, 0.29) is 3.63 Å². The van der Waals surface area contributed by atoms with E-state index in [1.807, 2.05) is 4.29 Å². The number of nitrogens with zero attached hydrogens (tertiary/aromatic N) is 1. The maximum atomic E-state index is 6.84. The van der Waals surface area contributed by atoms with Gasteiger partial charge in [0.1, 0.15) is 0 Å². The summed E-state index contributed by atoms with van der Waals surface area (Å²) in [5, 5.41) is 0. The molecule has 0 radical (unpaired) electrons. The second-order valence-corrected chi connectivity index (χ2v) is 8.66. The van der Waals surface area contributed by atoms with E-state index in [2.05, 4.69) is 30.6 Å². The van der Waals surface area contributed by atoms with Crippen LogP contribution < -0.4 is 0 Å². The molecule has 0 saturated carbocycles. The Morgan fingerprint density at radius 1 is 1.56 bits per heavy atom. The fourth-order valence-electron chi connectivity index (χ4n) is 0.313. The van der Waals surface area contributed by atoms with Crippen molar-refractivity contribution in [3.63, 3.8) is 0 Å². The van der Waals surface area contributed by atoms with Gasteiger partial charge in [0.25, 0.3) is 0 Å². The molecule has 0 aromatic carbocycles. The van der Waals surface area contributed by atoms with Gasteiger partial charge in [-0.05, 0) is 0 Å². The first kappa shape index (κ1) is 8.97. The van der Waals surface area contributed by atoms with Crippen LogP contribution in [0.2, 0.25) is 3.63 Å².